The molecule has 1 unspecified atom stereocenters. The third-order valence-corrected chi connectivity index (χ3v) is 2.60. The van der Waals surface area contributed by atoms with E-state index >= 15 is 0 Å². The van der Waals surface area contributed by atoms with Crippen molar-refractivity contribution >= 4 is 11.4 Å². The lowest BCUT2D eigenvalue weighted by molar-refractivity contribution is 0.161. The minimum absolute atomic E-state index is 0.130. The summed E-state index contributed by atoms with van der Waals surface area (Å²) in [7, 11) is 1.39. The van der Waals surface area contributed by atoms with Crippen molar-refractivity contribution in [2.45, 2.75) is 26.4 Å². The summed E-state index contributed by atoms with van der Waals surface area (Å²) in [6.45, 7) is 4.45. The van der Waals surface area contributed by atoms with Gasteiger partial charge in [-0.3, -0.25) is 0 Å². The lowest BCUT2D eigenvalue weighted by Gasteiger charge is -2.16. The van der Waals surface area contributed by atoms with Gasteiger partial charge in [-0.15, -0.1) is 0 Å². The van der Waals surface area contributed by atoms with E-state index in [0.29, 0.717) is 30.3 Å². The second kappa shape index (κ2) is 6.44. The Morgan fingerprint density at radius 2 is 2.11 bits per heavy atom. The predicted molar refractivity (Wildman–Crippen MR) is 71.3 cm³/mol. The summed E-state index contributed by atoms with van der Waals surface area (Å²) in [5.74, 6) is 0.0511. The monoisotopic (exact) mass is 256 g/mol. The van der Waals surface area contributed by atoms with Crippen LogP contribution in [0.1, 0.15) is 20.3 Å². The maximum Gasteiger partial charge on any atom is 0.167 e. The van der Waals surface area contributed by atoms with Crippen LogP contribution in [0.25, 0.3) is 0 Å². The summed E-state index contributed by atoms with van der Waals surface area (Å²) in [6, 6.07) is 2.70. The second-order valence-electron chi connectivity index (χ2n) is 4.74. The largest absolute Gasteiger partial charge is 0.494 e. The lowest BCUT2D eigenvalue weighted by Crippen LogP contribution is -2.21. The van der Waals surface area contributed by atoms with Gasteiger partial charge in [-0.1, -0.05) is 13.8 Å². The SMILES string of the molecule is COc1cc(NCC(O)CC(C)C)c(N)cc1F. The van der Waals surface area contributed by atoms with E-state index in [1.54, 1.807) is 0 Å². The minimum atomic E-state index is -0.497. The van der Waals surface area contributed by atoms with Crippen LogP contribution in [-0.4, -0.2) is 24.9 Å². The van der Waals surface area contributed by atoms with Gasteiger partial charge in [0, 0.05) is 18.7 Å². The van der Waals surface area contributed by atoms with Gasteiger partial charge in [0.2, 0.25) is 0 Å². The molecule has 0 aliphatic carbocycles. The zero-order chi connectivity index (χ0) is 13.7. The molecule has 0 amide bonds. The molecule has 0 heterocycles. The van der Waals surface area contributed by atoms with Crippen molar-refractivity contribution in [1.29, 1.82) is 0 Å². The number of nitrogen functional groups attached to an aromatic ring is 1. The molecular weight excluding hydrogens is 235 g/mol. The molecule has 18 heavy (non-hydrogen) atoms. The Labute approximate surface area is 107 Å². The van der Waals surface area contributed by atoms with Gasteiger partial charge in [-0.25, -0.2) is 4.39 Å². The molecule has 0 bridgehead atoms. The van der Waals surface area contributed by atoms with Crippen molar-refractivity contribution in [1.82, 2.24) is 0 Å². The van der Waals surface area contributed by atoms with Crippen LogP contribution in [0, 0.1) is 11.7 Å². The van der Waals surface area contributed by atoms with Crippen LogP contribution >= 0.6 is 0 Å². The van der Waals surface area contributed by atoms with Crippen LogP contribution in [0.4, 0.5) is 15.8 Å². The molecule has 4 N–H and O–H groups in total. The molecule has 0 saturated heterocycles. The van der Waals surface area contributed by atoms with Crippen molar-refractivity contribution in [3.8, 4) is 5.75 Å². The van der Waals surface area contributed by atoms with Gasteiger partial charge in [0.15, 0.2) is 11.6 Å². The number of benzene rings is 1. The van der Waals surface area contributed by atoms with Gasteiger partial charge in [0.25, 0.3) is 0 Å². The van der Waals surface area contributed by atoms with E-state index in [1.807, 2.05) is 13.8 Å². The Hall–Kier alpha value is -1.49. The fourth-order valence-corrected chi connectivity index (χ4v) is 1.73. The number of rotatable bonds is 6. The number of methoxy groups -OCH3 is 1. The van der Waals surface area contributed by atoms with E-state index < -0.39 is 11.9 Å². The molecule has 0 radical (unpaired) electrons. The van der Waals surface area contributed by atoms with Crippen LogP contribution < -0.4 is 15.8 Å². The number of aliphatic hydroxyl groups excluding tert-OH is 1. The molecular formula is C13H21FN2O2. The average Bonchev–Trinajstić information content (AvgIpc) is 2.27. The fourth-order valence-electron chi connectivity index (χ4n) is 1.73. The van der Waals surface area contributed by atoms with Crippen molar-refractivity contribution < 1.29 is 14.2 Å². The highest BCUT2D eigenvalue weighted by Crippen LogP contribution is 2.27. The third kappa shape index (κ3) is 4.07. The Morgan fingerprint density at radius 1 is 1.44 bits per heavy atom. The fraction of sp³-hybridized carbons (Fsp3) is 0.538. The number of halogens is 1. The molecule has 0 saturated carbocycles. The summed E-state index contributed by atoms with van der Waals surface area (Å²) in [5.41, 5.74) is 6.55. The minimum Gasteiger partial charge on any atom is -0.494 e. The first-order valence-corrected chi connectivity index (χ1v) is 5.99. The highest BCUT2D eigenvalue weighted by Gasteiger charge is 2.11. The zero-order valence-corrected chi connectivity index (χ0v) is 11.0. The number of hydrogen-bond donors (Lipinski definition) is 3. The molecule has 1 rings (SSSR count). The smallest absolute Gasteiger partial charge is 0.167 e. The van der Waals surface area contributed by atoms with Crippen molar-refractivity contribution in [3.05, 3.63) is 17.9 Å². The number of anilines is 2. The number of ether oxygens (including phenoxy) is 1. The maximum absolute atomic E-state index is 13.3. The molecule has 0 aromatic heterocycles. The highest BCUT2D eigenvalue weighted by molar-refractivity contribution is 5.68. The molecule has 4 nitrogen and oxygen atoms in total. The number of nitrogens with one attached hydrogen (secondary N) is 1. The summed E-state index contributed by atoms with van der Waals surface area (Å²) in [6.07, 6.45) is 0.242. The van der Waals surface area contributed by atoms with Gasteiger partial charge in [0.1, 0.15) is 0 Å². The van der Waals surface area contributed by atoms with E-state index in [4.69, 9.17) is 10.5 Å². The highest BCUT2D eigenvalue weighted by atomic mass is 19.1. The van der Waals surface area contributed by atoms with Gasteiger partial charge in [-0.05, 0) is 12.3 Å². The first kappa shape index (κ1) is 14.6. The number of nitrogens with two attached hydrogens (primary N) is 1. The quantitative estimate of drug-likeness (QED) is 0.683. The normalized spacial score (nSPS) is 12.6. The van der Waals surface area contributed by atoms with E-state index in [0.717, 1.165) is 0 Å². The summed E-state index contributed by atoms with van der Waals surface area (Å²) < 4.78 is 18.2. The van der Waals surface area contributed by atoms with Gasteiger partial charge in [-0.2, -0.15) is 0 Å². The first-order chi connectivity index (χ1) is 8.43. The zero-order valence-electron chi connectivity index (χ0n) is 11.0. The van der Waals surface area contributed by atoms with E-state index in [2.05, 4.69) is 5.32 Å². The Morgan fingerprint density at radius 3 is 2.67 bits per heavy atom. The molecule has 102 valence electrons. The van der Waals surface area contributed by atoms with Crippen LogP contribution in [-0.2, 0) is 0 Å². The standard InChI is InChI=1S/C13H21FN2O2/c1-8(2)4-9(17)7-16-12-6-13(18-3)10(14)5-11(12)15/h5-6,8-9,16-17H,4,7,15H2,1-3H3. The third-order valence-electron chi connectivity index (χ3n) is 2.60. The van der Waals surface area contributed by atoms with Gasteiger partial charge >= 0.3 is 0 Å². The van der Waals surface area contributed by atoms with Crippen molar-refractivity contribution in [2.75, 3.05) is 24.7 Å². The molecule has 1 atom stereocenters. The summed E-state index contributed by atoms with van der Waals surface area (Å²) in [5, 5.41) is 12.7. The predicted octanol–water partition coefficient (Wildman–Crippen LogP) is 2.24. The Kier molecular flexibility index (Phi) is 5.22. The van der Waals surface area contributed by atoms with Crippen LogP contribution in [0.5, 0.6) is 5.75 Å². The maximum atomic E-state index is 13.3. The van der Waals surface area contributed by atoms with Crippen LogP contribution in [0.2, 0.25) is 0 Å². The van der Waals surface area contributed by atoms with E-state index in [1.165, 1.54) is 19.2 Å². The Balaban J connectivity index is 2.67. The van der Waals surface area contributed by atoms with Crippen molar-refractivity contribution in [2.24, 2.45) is 5.92 Å². The lowest BCUT2D eigenvalue weighted by atomic mass is 10.1. The summed E-state index contributed by atoms with van der Waals surface area (Å²) in [4.78, 5) is 0. The Bertz CT molecular complexity index is 397. The topological polar surface area (TPSA) is 67.5 Å². The molecule has 5 heteroatoms. The van der Waals surface area contributed by atoms with Gasteiger partial charge < -0.3 is 20.9 Å². The van der Waals surface area contributed by atoms with Gasteiger partial charge in [0.05, 0.1) is 24.6 Å². The summed E-state index contributed by atoms with van der Waals surface area (Å²) >= 11 is 0. The van der Waals surface area contributed by atoms with Crippen molar-refractivity contribution in [3.63, 3.8) is 0 Å². The van der Waals surface area contributed by atoms with Crippen LogP contribution in [0.15, 0.2) is 12.1 Å². The molecule has 0 spiro atoms. The molecule has 1 aromatic carbocycles. The van der Waals surface area contributed by atoms with E-state index in [-0.39, 0.29) is 5.75 Å². The van der Waals surface area contributed by atoms with Crippen LogP contribution in [0.3, 0.4) is 0 Å². The average molecular weight is 256 g/mol. The molecule has 1 aromatic rings. The number of hydrogen-bond acceptors (Lipinski definition) is 4. The number of aliphatic hydroxyl groups is 1. The molecule has 0 aliphatic heterocycles. The first-order valence-electron chi connectivity index (χ1n) is 5.99. The van der Waals surface area contributed by atoms with E-state index in [9.17, 15) is 9.50 Å². The second-order valence-corrected chi connectivity index (χ2v) is 4.74. The molecule has 0 fully saturated rings. The molecule has 0 aliphatic rings.